The quantitative estimate of drug-likeness (QED) is 0.291. The van der Waals surface area contributed by atoms with Crippen molar-refractivity contribution in [2.45, 2.75) is 51.5 Å². The van der Waals surface area contributed by atoms with Crippen LogP contribution in [0.2, 0.25) is 0 Å². The summed E-state index contributed by atoms with van der Waals surface area (Å²) in [6, 6.07) is 23.6. The molecule has 6 rings (SSSR count). The highest BCUT2D eigenvalue weighted by molar-refractivity contribution is 5.55. The number of pyridine rings is 2. The van der Waals surface area contributed by atoms with Gasteiger partial charge in [0.15, 0.2) is 11.5 Å². The molecule has 3 heterocycles. The monoisotopic (exact) mass is 522 g/mol. The molecule has 1 atom stereocenters. The Kier molecular flexibility index (Phi) is 7.70. The first-order valence-corrected chi connectivity index (χ1v) is 13.6. The summed E-state index contributed by atoms with van der Waals surface area (Å²) in [6.07, 6.45) is 7.08. The van der Waals surface area contributed by atoms with E-state index in [-0.39, 0.29) is 12.8 Å². The molecule has 39 heavy (non-hydrogen) atoms. The van der Waals surface area contributed by atoms with Crippen molar-refractivity contribution in [3.05, 3.63) is 113 Å². The Morgan fingerprint density at radius 1 is 0.897 bits per heavy atom. The summed E-state index contributed by atoms with van der Waals surface area (Å²) < 4.78 is 17.0. The fourth-order valence-electron chi connectivity index (χ4n) is 5.56. The Bertz CT molecular complexity index is 1390. The largest absolute Gasteiger partial charge is 0.493 e. The normalized spacial score (nSPS) is 15.8. The smallest absolute Gasteiger partial charge is 0.231 e. The number of ether oxygens (including phenoxy) is 3. The van der Waals surface area contributed by atoms with Gasteiger partial charge in [0.25, 0.3) is 0 Å². The highest BCUT2D eigenvalue weighted by Gasteiger charge is 2.28. The molecule has 0 saturated carbocycles. The van der Waals surface area contributed by atoms with E-state index in [1.54, 1.807) is 7.11 Å². The number of nitrogens with zero attached hydrogens (tertiary/aromatic N) is 3. The van der Waals surface area contributed by atoms with Crippen molar-refractivity contribution in [1.29, 1.82) is 0 Å². The number of hydrogen-bond donors (Lipinski definition) is 1. The number of rotatable bonds is 10. The number of aromatic nitrogens is 2. The summed E-state index contributed by atoms with van der Waals surface area (Å²) in [5, 5.41) is 3.49. The number of nitrogens with one attached hydrogen (secondary N) is 1. The number of methoxy groups -OCH3 is 1. The van der Waals surface area contributed by atoms with Crippen LogP contribution < -0.4 is 19.5 Å². The molecule has 0 saturated heterocycles. The fourth-order valence-corrected chi connectivity index (χ4v) is 5.56. The molecule has 2 aromatic carbocycles. The van der Waals surface area contributed by atoms with Crippen LogP contribution in [-0.2, 0) is 32.6 Å². The molecule has 4 aromatic rings. The molecule has 0 fully saturated rings. The average Bonchev–Trinajstić information content (AvgIpc) is 3.46. The van der Waals surface area contributed by atoms with Crippen LogP contribution in [-0.4, -0.2) is 28.8 Å². The highest BCUT2D eigenvalue weighted by atomic mass is 16.7. The molecule has 7 nitrogen and oxygen atoms in total. The van der Waals surface area contributed by atoms with Crippen LogP contribution >= 0.6 is 0 Å². The van der Waals surface area contributed by atoms with E-state index in [2.05, 4.69) is 63.7 Å². The lowest BCUT2D eigenvalue weighted by Crippen LogP contribution is -2.31. The molecule has 0 spiro atoms. The van der Waals surface area contributed by atoms with Gasteiger partial charge in [0.2, 0.25) is 12.5 Å². The minimum absolute atomic E-state index is 0.224. The molecular formula is C32H34N4O3. The van der Waals surface area contributed by atoms with Gasteiger partial charge in [-0.3, -0.25) is 14.9 Å². The second-order valence-corrected chi connectivity index (χ2v) is 10.1. The molecule has 7 heteroatoms. The van der Waals surface area contributed by atoms with E-state index in [1.807, 2.05) is 30.6 Å². The van der Waals surface area contributed by atoms with E-state index < -0.39 is 0 Å². The van der Waals surface area contributed by atoms with E-state index in [4.69, 9.17) is 19.2 Å². The zero-order valence-electron chi connectivity index (χ0n) is 22.3. The molecule has 0 bridgehead atoms. The molecule has 1 unspecified atom stereocenters. The summed E-state index contributed by atoms with van der Waals surface area (Å²) >= 11 is 0. The van der Waals surface area contributed by atoms with Crippen molar-refractivity contribution in [1.82, 2.24) is 20.2 Å². The number of fused-ring (bicyclic) bond motifs is 2. The minimum atomic E-state index is 0.224. The third-order valence-electron chi connectivity index (χ3n) is 7.48. The van der Waals surface area contributed by atoms with Crippen molar-refractivity contribution in [2.24, 2.45) is 0 Å². The molecule has 0 amide bonds. The summed E-state index contributed by atoms with van der Waals surface area (Å²) in [4.78, 5) is 11.8. The van der Waals surface area contributed by atoms with Crippen molar-refractivity contribution in [3.63, 3.8) is 0 Å². The molecule has 200 valence electrons. The van der Waals surface area contributed by atoms with Crippen LogP contribution in [0.15, 0.2) is 79.1 Å². The maximum Gasteiger partial charge on any atom is 0.231 e. The summed E-state index contributed by atoms with van der Waals surface area (Å²) in [7, 11) is 1.67. The number of hydrogen-bond acceptors (Lipinski definition) is 7. The van der Waals surface area contributed by atoms with Crippen molar-refractivity contribution in [2.75, 3.05) is 13.9 Å². The van der Waals surface area contributed by atoms with Gasteiger partial charge in [0.1, 0.15) is 0 Å². The first kappa shape index (κ1) is 25.3. The lowest BCUT2D eigenvalue weighted by molar-refractivity contribution is 0.156. The lowest BCUT2D eigenvalue weighted by Gasteiger charge is -2.35. The molecule has 2 aliphatic rings. The maximum absolute atomic E-state index is 5.71. The summed E-state index contributed by atoms with van der Waals surface area (Å²) in [6.45, 7) is 3.35. The van der Waals surface area contributed by atoms with Crippen molar-refractivity contribution < 1.29 is 14.2 Å². The predicted molar refractivity (Wildman–Crippen MR) is 150 cm³/mol. The second kappa shape index (κ2) is 11.8. The van der Waals surface area contributed by atoms with Gasteiger partial charge in [-0.25, -0.2) is 0 Å². The third-order valence-corrected chi connectivity index (χ3v) is 7.48. The predicted octanol–water partition coefficient (Wildman–Crippen LogP) is 5.58. The van der Waals surface area contributed by atoms with Crippen LogP contribution in [0.3, 0.4) is 0 Å². The standard InChI is InChI=1S/C32H34N4O3/c1-37-29-16-25(17-30-32(29)39-22-38-30)21-36(28-9-4-6-26-7-5-15-35-31(26)28)20-24-12-10-23(11-13-24)18-33-19-27-8-2-3-14-34-27/h2-3,5,7-8,10-17,28,33H,4,6,9,18-22H2,1H3. The van der Waals surface area contributed by atoms with Crippen LogP contribution in [0.5, 0.6) is 17.2 Å². The molecule has 1 aliphatic carbocycles. The van der Waals surface area contributed by atoms with Crippen LogP contribution in [0, 0.1) is 0 Å². The van der Waals surface area contributed by atoms with Crippen molar-refractivity contribution in [3.8, 4) is 17.2 Å². The summed E-state index contributed by atoms with van der Waals surface area (Å²) in [5.41, 5.74) is 7.27. The SMILES string of the molecule is COc1cc(CN(Cc2ccc(CNCc3ccccn3)cc2)C2CCCc3cccnc32)cc2c1OCO2. The zero-order valence-corrected chi connectivity index (χ0v) is 22.3. The summed E-state index contributed by atoms with van der Waals surface area (Å²) in [5.74, 6) is 2.14. The van der Waals surface area contributed by atoms with Crippen LogP contribution in [0.25, 0.3) is 0 Å². The van der Waals surface area contributed by atoms with Crippen LogP contribution in [0.4, 0.5) is 0 Å². The zero-order chi connectivity index (χ0) is 26.4. The second-order valence-electron chi connectivity index (χ2n) is 10.1. The Balaban J connectivity index is 1.21. The Morgan fingerprint density at radius 2 is 1.74 bits per heavy atom. The molecular weight excluding hydrogens is 488 g/mol. The Labute approximate surface area is 229 Å². The Morgan fingerprint density at radius 3 is 2.59 bits per heavy atom. The first-order valence-electron chi connectivity index (χ1n) is 13.6. The number of benzene rings is 2. The van der Waals surface area contributed by atoms with Crippen LogP contribution in [0.1, 0.15) is 52.5 Å². The van der Waals surface area contributed by atoms with Gasteiger partial charge in [-0.1, -0.05) is 36.4 Å². The van der Waals surface area contributed by atoms with E-state index >= 15 is 0 Å². The fraction of sp³-hybridized carbons (Fsp3) is 0.312. The minimum Gasteiger partial charge on any atom is -0.493 e. The van der Waals surface area contributed by atoms with E-state index in [1.165, 1.54) is 22.4 Å². The maximum atomic E-state index is 5.71. The molecule has 1 aliphatic heterocycles. The van der Waals surface area contributed by atoms with Gasteiger partial charge in [0.05, 0.1) is 24.5 Å². The lowest BCUT2D eigenvalue weighted by atomic mass is 9.90. The first-order chi connectivity index (χ1) is 19.3. The molecule has 1 N–H and O–H groups in total. The number of aryl methyl sites for hydroxylation is 1. The third kappa shape index (κ3) is 5.90. The molecule has 0 radical (unpaired) electrons. The van der Waals surface area contributed by atoms with E-state index in [0.29, 0.717) is 11.5 Å². The van der Waals surface area contributed by atoms with E-state index in [9.17, 15) is 0 Å². The van der Waals surface area contributed by atoms with E-state index in [0.717, 1.165) is 62.4 Å². The van der Waals surface area contributed by atoms with Crippen molar-refractivity contribution >= 4 is 0 Å². The molecule has 2 aromatic heterocycles. The van der Waals surface area contributed by atoms with Gasteiger partial charge in [-0.2, -0.15) is 0 Å². The van der Waals surface area contributed by atoms with Gasteiger partial charge in [-0.15, -0.1) is 0 Å². The van der Waals surface area contributed by atoms with Gasteiger partial charge in [0, 0.05) is 38.6 Å². The topological polar surface area (TPSA) is 68.7 Å². The van der Waals surface area contributed by atoms with Gasteiger partial charge < -0.3 is 19.5 Å². The van der Waals surface area contributed by atoms with Gasteiger partial charge in [-0.05, 0) is 71.8 Å². The Hall–Kier alpha value is -3.94. The average molecular weight is 523 g/mol. The highest BCUT2D eigenvalue weighted by Crippen LogP contribution is 2.43. The van der Waals surface area contributed by atoms with Gasteiger partial charge >= 0.3 is 0 Å².